The fourth-order valence-electron chi connectivity index (χ4n) is 1.41. The van der Waals surface area contributed by atoms with Crippen molar-refractivity contribution in [1.82, 2.24) is 4.98 Å². The van der Waals surface area contributed by atoms with E-state index in [1.165, 1.54) is 13.3 Å². The highest BCUT2D eigenvalue weighted by molar-refractivity contribution is 6.36. The summed E-state index contributed by atoms with van der Waals surface area (Å²) < 4.78 is 5.11. The zero-order valence-electron chi connectivity index (χ0n) is 7.50. The monoisotopic (exact) mass is 209 g/mol. The molecule has 2 aromatic rings. The number of fused-ring (bicyclic) bond motifs is 1. The first-order valence-electron chi connectivity index (χ1n) is 4.08. The van der Waals surface area contributed by atoms with E-state index >= 15 is 0 Å². The third-order valence-corrected chi connectivity index (χ3v) is 2.37. The number of hydrogen-bond donors (Lipinski definition) is 1. The van der Waals surface area contributed by atoms with Crippen molar-refractivity contribution in [2.24, 2.45) is 0 Å². The highest BCUT2D eigenvalue weighted by Crippen LogP contribution is 2.28. The van der Waals surface area contributed by atoms with Gasteiger partial charge in [0.15, 0.2) is 0 Å². The molecule has 0 aliphatic rings. The molecular formula is C10H8ClNO2. The van der Waals surface area contributed by atoms with Crippen molar-refractivity contribution in [2.75, 3.05) is 7.11 Å². The van der Waals surface area contributed by atoms with Gasteiger partial charge in [-0.25, -0.2) is 0 Å². The van der Waals surface area contributed by atoms with Gasteiger partial charge in [-0.05, 0) is 12.1 Å². The lowest BCUT2D eigenvalue weighted by Gasteiger charge is -2.05. The molecule has 1 aromatic carbocycles. The van der Waals surface area contributed by atoms with Crippen molar-refractivity contribution in [3.63, 3.8) is 0 Å². The Bertz CT molecular complexity index is 533. The maximum absolute atomic E-state index is 11.4. The first-order valence-corrected chi connectivity index (χ1v) is 4.45. The maximum atomic E-state index is 11.4. The number of ether oxygens (including phenoxy) is 1. The second kappa shape index (κ2) is 3.35. The summed E-state index contributed by atoms with van der Waals surface area (Å²) in [7, 11) is 1.54. The van der Waals surface area contributed by atoms with Gasteiger partial charge in [-0.3, -0.25) is 4.79 Å². The van der Waals surface area contributed by atoms with E-state index in [9.17, 15) is 4.79 Å². The Morgan fingerprint density at radius 2 is 2.21 bits per heavy atom. The number of halogens is 1. The molecule has 1 heterocycles. The Balaban J connectivity index is 3.00. The lowest BCUT2D eigenvalue weighted by molar-refractivity contribution is 0.418. The fourth-order valence-corrected chi connectivity index (χ4v) is 1.67. The Morgan fingerprint density at radius 1 is 1.43 bits per heavy atom. The van der Waals surface area contributed by atoms with E-state index < -0.39 is 0 Å². The Labute approximate surface area is 85.3 Å². The van der Waals surface area contributed by atoms with Crippen molar-refractivity contribution in [2.45, 2.75) is 0 Å². The van der Waals surface area contributed by atoms with E-state index in [2.05, 4.69) is 4.98 Å². The maximum Gasteiger partial charge on any atom is 0.256 e. The summed E-state index contributed by atoms with van der Waals surface area (Å²) in [5.41, 5.74) is -0.164. The topological polar surface area (TPSA) is 42.1 Å². The zero-order valence-corrected chi connectivity index (χ0v) is 8.26. The number of nitrogens with one attached hydrogen (secondary N) is 1. The van der Waals surface area contributed by atoms with Crippen LogP contribution < -0.4 is 10.3 Å². The minimum absolute atomic E-state index is 0.164. The molecule has 3 nitrogen and oxygen atoms in total. The molecule has 1 aromatic heterocycles. The standard InChI is InChI=1S/C10H8ClNO2/c1-14-8-5-12-10(13)6-3-2-4-7(11)9(6)8/h2-5H,1H3,(H,12,13). The summed E-state index contributed by atoms with van der Waals surface area (Å²) in [4.78, 5) is 14.0. The van der Waals surface area contributed by atoms with Crippen LogP contribution in [0.25, 0.3) is 10.8 Å². The van der Waals surface area contributed by atoms with Crippen LogP contribution in [0, 0.1) is 0 Å². The normalized spacial score (nSPS) is 10.4. The first-order chi connectivity index (χ1) is 6.74. The molecule has 1 N–H and O–H groups in total. The molecule has 0 aliphatic heterocycles. The number of aromatic amines is 1. The molecule has 0 saturated heterocycles. The van der Waals surface area contributed by atoms with E-state index in [4.69, 9.17) is 16.3 Å². The van der Waals surface area contributed by atoms with Crippen LogP contribution in [-0.4, -0.2) is 12.1 Å². The number of hydrogen-bond acceptors (Lipinski definition) is 2. The average molecular weight is 210 g/mol. The molecule has 0 amide bonds. The van der Waals surface area contributed by atoms with E-state index in [0.29, 0.717) is 21.5 Å². The number of rotatable bonds is 1. The van der Waals surface area contributed by atoms with Gasteiger partial charge in [-0.15, -0.1) is 0 Å². The molecule has 0 unspecified atom stereocenters. The summed E-state index contributed by atoms with van der Waals surface area (Å²) in [6.07, 6.45) is 1.51. The van der Waals surface area contributed by atoms with Crippen LogP contribution in [0.2, 0.25) is 5.02 Å². The van der Waals surface area contributed by atoms with Gasteiger partial charge in [0.2, 0.25) is 0 Å². The minimum Gasteiger partial charge on any atom is -0.495 e. The number of benzene rings is 1. The van der Waals surface area contributed by atoms with Crippen LogP contribution in [-0.2, 0) is 0 Å². The molecule has 0 bridgehead atoms. The number of methoxy groups -OCH3 is 1. The molecule has 72 valence electrons. The molecule has 14 heavy (non-hydrogen) atoms. The molecular weight excluding hydrogens is 202 g/mol. The molecule has 0 atom stereocenters. The Kier molecular flexibility index (Phi) is 2.17. The van der Waals surface area contributed by atoms with Gasteiger partial charge in [0.05, 0.1) is 17.5 Å². The molecule has 0 spiro atoms. The lowest BCUT2D eigenvalue weighted by Crippen LogP contribution is -2.06. The summed E-state index contributed by atoms with van der Waals surface area (Å²) in [5, 5.41) is 1.71. The largest absolute Gasteiger partial charge is 0.495 e. The van der Waals surface area contributed by atoms with E-state index in [1.54, 1.807) is 18.2 Å². The second-order valence-corrected chi connectivity index (χ2v) is 3.26. The van der Waals surface area contributed by atoms with Crippen LogP contribution in [0.15, 0.2) is 29.2 Å². The van der Waals surface area contributed by atoms with Crippen molar-refractivity contribution >= 4 is 22.4 Å². The minimum atomic E-state index is -0.164. The predicted molar refractivity (Wildman–Crippen MR) is 56.1 cm³/mol. The summed E-state index contributed by atoms with van der Waals surface area (Å²) >= 11 is 5.98. The van der Waals surface area contributed by atoms with E-state index in [-0.39, 0.29) is 5.56 Å². The van der Waals surface area contributed by atoms with Gasteiger partial charge < -0.3 is 9.72 Å². The quantitative estimate of drug-likeness (QED) is 0.782. The fraction of sp³-hybridized carbons (Fsp3) is 0.100. The molecule has 0 fully saturated rings. The first kappa shape index (κ1) is 9.09. The van der Waals surface area contributed by atoms with Crippen molar-refractivity contribution in [3.8, 4) is 5.75 Å². The lowest BCUT2D eigenvalue weighted by atomic mass is 10.1. The van der Waals surface area contributed by atoms with Crippen LogP contribution in [0.5, 0.6) is 5.75 Å². The van der Waals surface area contributed by atoms with Crippen LogP contribution in [0.3, 0.4) is 0 Å². The van der Waals surface area contributed by atoms with Crippen LogP contribution in [0.1, 0.15) is 0 Å². The average Bonchev–Trinajstić information content (AvgIpc) is 2.20. The third-order valence-electron chi connectivity index (χ3n) is 2.06. The van der Waals surface area contributed by atoms with E-state index in [1.807, 2.05) is 0 Å². The highest BCUT2D eigenvalue weighted by atomic mass is 35.5. The molecule has 0 saturated carbocycles. The van der Waals surface area contributed by atoms with Crippen LogP contribution in [0.4, 0.5) is 0 Å². The number of aromatic nitrogens is 1. The summed E-state index contributed by atoms with van der Waals surface area (Å²) in [6, 6.07) is 5.17. The third kappa shape index (κ3) is 1.26. The number of pyridine rings is 1. The zero-order chi connectivity index (χ0) is 10.1. The molecule has 2 rings (SSSR count). The molecule has 4 heteroatoms. The Hall–Kier alpha value is -1.48. The van der Waals surface area contributed by atoms with Gasteiger partial charge in [0.1, 0.15) is 5.75 Å². The van der Waals surface area contributed by atoms with Gasteiger partial charge in [-0.1, -0.05) is 17.7 Å². The second-order valence-electron chi connectivity index (χ2n) is 2.85. The van der Waals surface area contributed by atoms with Gasteiger partial charge in [0, 0.05) is 11.6 Å². The van der Waals surface area contributed by atoms with Gasteiger partial charge in [-0.2, -0.15) is 0 Å². The van der Waals surface area contributed by atoms with Gasteiger partial charge >= 0.3 is 0 Å². The summed E-state index contributed by atoms with van der Waals surface area (Å²) in [6.45, 7) is 0. The van der Waals surface area contributed by atoms with Crippen molar-refractivity contribution < 1.29 is 4.74 Å². The molecule has 0 radical (unpaired) electrons. The Morgan fingerprint density at radius 3 is 2.93 bits per heavy atom. The van der Waals surface area contributed by atoms with E-state index in [0.717, 1.165) is 0 Å². The van der Waals surface area contributed by atoms with Crippen molar-refractivity contribution in [3.05, 3.63) is 39.8 Å². The highest BCUT2D eigenvalue weighted by Gasteiger charge is 2.07. The smallest absolute Gasteiger partial charge is 0.256 e. The number of H-pyrrole nitrogens is 1. The summed E-state index contributed by atoms with van der Waals surface area (Å²) in [5.74, 6) is 0.574. The van der Waals surface area contributed by atoms with Crippen molar-refractivity contribution in [1.29, 1.82) is 0 Å². The molecule has 0 aliphatic carbocycles. The predicted octanol–water partition coefficient (Wildman–Crippen LogP) is 2.19. The van der Waals surface area contributed by atoms with Crippen LogP contribution >= 0.6 is 11.6 Å². The SMILES string of the molecule is COc1c[nH]c(=O)c2cccc(Cl)c12. The van der Waals surface area contributed by atoms with Gasteiger partial charge in [0.25, 0.3) is 5.56 Å².